The first-order valence-corrected chi connectivity index (χ1v) is 11.1. The Bertz CT molecular complexity index is 1310. The highest BCUT2D eigenvalue weighted by molar-refractivity contribution is 5.93. The molecule has 0 fully saturated rings. The number of pyridine rings is 1. The molecule has 0 unspecified atom stereocenters. The lowest BCUT2D eigenvalue weighted by Gasteiger charge is -2.33. The lowest BCUT2D eigenvalue weighted by molar-refractivity contribution is 0.0649. The van der Waals surface area contributed by atoms with Crippen molar-refractivity contribution >= 4 is 11.4 Å². The number of amides is 1. The van der Waals surface area contributed by atoms with Gasteiger partial charge in [-0.2, -0.15) is 5.10 Å². The minimum absolute atomic E-state index is 0.169. The number of nitrogens with one attached hydrogen (secondary N) is 1. The first kappa shape index (κ1) is 20.5. The van der Waals surface area contributed by atoms with Gasteiger partial charge in [-0.3, -0.25) is 4.79 Å². The average molecular weight is 433 g/mol. The molecule has 1 atom stereocenters. The van der Waals surface area contributed by atoms with Crippen LogP contribution in [0.3, 0.4) is 0 Å². The zero-order valence-electron chi connectivity index (χ0n) is 19.1. The number of nitrogens with zero attached hydrogens (tertiary/aromatic N) is 5. The highest BCUT2D eigenvalue weighted by Gasteiger charge is 2.39. The standard InChI is InChI=1S/C24H28N6O2/c1-6-16-21(32-23(27-16)24(3,4)5)22(31)29-11-10-17-19(26-13-25-17)20(29)18-12-15-9-7-8-14(2)30(15)28-18/h7-9,12-13,20H,6,10-11H2,1-5H3,(H,25,26)/t20-/m1/s1. The molecule has 1 N–H and O–H groups in total. The van der Waals surface area contributed by atoms with Gasteiger partial charge >= 0.3 is 0 Å². The van der Waals surface area contributed by atoms with Crippen molar-refractivity contribution in [1.82, 2.24) is 29.5 Å². The fraction of sp³-hybridized carbons (Fsp3) is 0.417. The summed E-state index contributed by atoms with van der Waals surface area (Å²) in [4.78, 5) is 28.1. The third-order valence-corrected chi connectivity index (χ3v) is 6.03. The number of carbonyl (C=O) groups excluding carboxylic acids is 1. The van der Waals surface area contributed by atoms with Gasteiger partial charge in [0, 0.05) is 29.8 Å². The van der Waals surface area contributed by atoms with Crippen molar-refractivity contribution in [3.63, 3.8) is 0 Å². The predicted octanol–water partition coefficient (Wildman–Crippen LogP) is 4.00. The molecule has 1 aliphatic heterocycles. The minimum Gasteiger partial charge on any atom is -0.435 e. The number of carbonyl (C=O) groups is 1. The lowest BCUT2D eigenvalue weighted by Crippen LogP contribution is -2.41. The third-order valence-electron chi connectivity index (χ3n) is 6.03. The van der Waals surface area contributed by atoms with E-state index in [1.165, 1.54) is 0 Å². The van der Waals surface area contributed by atoms with Gasteiger partial charge in [0.15, 0.2) is 0 Å². The van der Waals surface area contributed by atoms with Crippen molar-refractivity contribution in [3.8, 4) is 0 Å². The quantitative estimate of drug-likeness (QED) is 0.528. The smallest absolute Gasteiger partial charge is 0.292 e. The molecular weight excluding hydrogens is 404 g/mol. The van der Waals surface area contributed by atoms with E-state index < -0.39 is 6.04 Å². The van der Waals surface area contributed by atoms with Crippen LogP contribution in [0.15, 0.2) is 35.0 Å². The van der Waals surface area contributed by atoms with E-state index in [1.54, 1.807) is 6.33 Å². The van der Waals surface area contributed by atoms with E-state index in [0.717, 1.165) is 28.3 Å². The average Bonchev–Trinajstić information content (AvgIpc) is 3.49. The Morgan fingerprint density at radius 3 is 2.84 bits per heavy atom. The Kier molecular flexibility index (Phi) is 4.69. The molecule has 4 aromatic heterocycles. The fourth-order valence-electron chi connectivity index (χ4n) is 4.31. The van der Waals surface area contributed by atoms with Crippen LogP contribution in [0.2, 0.25) is 0 Å². The molecule has 4 aromatic rings. The third kappa shape index (κ3) is 3.21. The molecule has 5 heterocycles. The number of fused-ring (bicyclic) bond motifs is 2. The molecular formula is C24H28N6O2. The summed E-state index contributed by atoms with van der Waals surface area (Å²) in [5.74, 6) is 0.730. The second-order valence-electron chi connectivity index (χ2n) is 9.39. The SMILES string of the molecule is CCc1nc(C(C)(C)C)oc1C(=O)N1CCc2[nH]cnc2[C@H]1c1cc2cccc(C)n2n1. The fourth-order valence-corrected chi connectivity index (χ4v) is 4.31. The van der Waals surface area contributed by atoms with Gasteiger partial charge in [0.1, 0.15) is 6.04 Å². The van der Waals surface area contributed by atoms with Crippen LogP contribution in [0.25, 0.3) is 5.52 Å². The number of rotatable bonds is 3. The van der Waals surface area contributed by atoms with Gasteiger partial charge in [-0.25, -0.2) is 14.5 Å². The zero-order chi connectivity index (χ0) is 22.6. The minimum atomic E-state index is -0.398. The van der Waals surface area contributed by atoms with E-state index >= 15 is 0 Å². The Balaban J connectivity index is 1.62. The molecule has 0 spiro atoms. The van der Waals surface area contributed by atoms with Crippen molar-refractivity contribution in [2.75, 3.05) is 6.54 Å². The van der Waals surface area contributed by atoms with E-state index in [1.807, 2.05) is 68.3 Å². The van der Waals surface area contributed by atoms with Gasteiger partial charge in [-0.05, 0) is 31.5 Å². The Morgan fingerprint density at radius 2 is 2.12 bits per heavy atom. The second kappa shape index (κ2) is 7.32. The molecule has 0 aliphatic carbocycles. The molecule has 8 heteroatoms. The molecule has 0 bridgehead atoms. The number of hydrogen-bond acceptors (Lipinski definition) is 5. The van der Waals surface area contributed by atoms with Crippen LogP contribution in [-0.4, -0.2) is 41.9 Å². The van der Waals surface area contributed by atoms with Crippen molar-refractivity contribution in [2.45, 2.75) is 58.9 Å². The number of aromatic amines is 1. The van der Waals surface area contributed by atoms with Crippen LogP contribution in [0, 0.1) is 6.92 Å². The molecule has 0 saturated carbocycles. The summed E-state index contributed by atoms with van der Waals surface area (Å²) in [6.07, 6.45) is 3.02. The lowest BCUT2D eigenvalue weighted by atomic mass is 9.97. The van der Waals surface area contributed by atoms with E-state index in [4.69, 9.17) is 9.52 Å². The van der Waals surface area contributed by atoms with Gasteiger partial charge in [0.2, 0.25) is 11.7 Å². The number of oxazole rings is 1. The Hall–Kier alpha value is -3.42. The van der Waals surface area contributed by atoms with Gasteiger partial charge in [-0.1, -0.05) is 33.8 Å². The van der Waals surface area contributed by atoms with E-state index in [2.05, 4.69) is 15.0 Å². The van der Waals surface area contributed by atoms with Crippen molar-refractivity contribution in [1.29, 1.82) is 0 Å². The molecule has 1 amide bonds. The van der Waals surface area contributed by atoms with Gasteiger partial charge in [-0.15, -0.1) is 0 Å². The molecule has 0 aromatic carbocycles. The summed E-state index contributed by atoms with van der Waals surface area (Å²) < 4.78 is 7.97. The second-order valence-corrected chi connectivity index (χ2v) is 9.39. The van der Waals surface area contributed by atoms with E-state index in [-0.39, 0.29) is 11.3 Å². The first-order chi connectivity index (χ1) is 15.3. The van der Waals surface area contributed by atoms with Gasteiger partial charge in [0.25, 0.3) is 5.91 Å². The largest absolute Gasteiger partial charge is 0.435 e. The maximum absolute atomic E-state index is 13.8. The Labute approximate surface area is 186 Å². The van der Waals surface area contributed by atoms with Crippen molar-refractivity contribution in [2.24, 2.45) is 0 Å². The first-order valence-electron chi connectivity index (χ1n) is 11.1. The van der Waals surface area contributed by atoms with E-state index in [9.17, 15) is 4.79 Å². The number of hydrogen-bond donors (Lipinski definition) is 1. The topological polar surface area (TPSA) is 92.3 Å². The Morgan fingerprint density at radius 1 is 1.31 bits per heavy atom. The van der Waals surface area contributed by atoms with Crippen LogP contribution >= 0.6 is 0 Å². The van der Waals surface area contributed by atoms with Crippen LogP contribution < -0.4 is 0 Å². The summed E-state index contributed by atoms with van der Waals surface area (Å²) >= 11 is 0. The summed E-state index contributed by atoms with van der Waals surface area (Å²) in [5, 5.41) is 4.85. The maximum atomic E-state index is 13.8. The summed E-state index contributed by atoms with van der Waals surface area (Å²) in [5.41, 5.74) is 5.09. The van der Waals surface area contributed by atoms with E-state index in [0.29, 0.717) is 36.7 Å². The zero-order valence-corrected chi connectivity index (χ0v) is 19.1. The van der Waals surface area contributed by atoms with Gasteiger partial charge < -0.3 is 14.3 Å². The molecule has 32 heavy (non-hydrogen) atoms. The number of aromatic nitrogens is 5. The number of H-pyrrole nitrogens is 1. The van der Waals surface area contributed by atoms with Crippen LogP contribution in [0.1, 0.15) is 78.7 Å². The van der Waals surface area contributed by atoms with Crippen LogP contribution in [0.5, 0.6) is 0 Å². The van der Waals surface area contributed by atoms with Crippen molar-refractivity contribution in [3.05, 3.63) is 70.7 Å². The van der Waals surface area contributed by atoms with Crippen molar-refractivity contribution < 1.29 is 9.21 Å². The number of aryl methyl sites for hydroxylation is 2. The summed E-state index contributed by atoms with van der Waals surface area (Å²) in [6, 6.07) is 7.68. The molecule has 1 aliphatic rings. The molecule has 166 valence electrons. The highest BCUT2D eigenvalue weighted by atomic mass is 16.4. The molecule has 0 radical (unpaired) electrons. The molecule has 0 saturated heterocycles. The maximum Gasteiger partial charge on any atom is 0.292 e. The van der Waals surface area contributed by atoms with Gasteiger partial charge in [0.05, 0.1) is 28.9 Å². The highest BCUT2D eigenvalue weighted by Crippen LogP contribution is 2.35. The van der Waals surface area contributed by atoms with Crippen LogP contribution in [0.4, 0.5) is 0 Å². The summed E-state index contributed by atoms with van der Waals surface area (Å²) in [7, 11) is 0. The number of imidazole rings is 1. The predicted molar refractivity (Wildman–Crippen MR) is 120 cm³/mol. The molecule has 5 rings (SSSR count). The summed E-state index contributed by atoms with van der Waals surface area (Å²) in [6.45, 7) is 10.6. The normalized spacial score (nSPS) is 16.5. The molecule has 8 nitrogen and oxygen atoms in total. The van der Waals surface area contributed by atoms with Crippen LogP contribution in [-0.2, 0) is 18.3 Å². The monoisotopic (exact) mass is 432 g/mol.